The maximum Gasteiger partial charge on any atom is 0.178 e. The summed E-state index contributed by atoms with van der Waals surface area (Å²) in [5, 5.41) is 0. The van der Waals surface area contributed by atoms with Gasteiger partial charge in [0.2, 0.25) is 0 Å². The monoisotopic (exact) mass is 285 g/mol. The number of hydrogen-bond acceptors (Lipinski definition) is 3. The van der Waals surface area contributed by atoms with E-state index in [0.717, 1.165) is 35.6 Å². The van der Waals surface area contributed by atoms with Crippen LogP contribution in [-0.4, -0.2) is 40.4 Å². The molecule has 0 aromatic carbocycles. The van der Waals surface area contributed by atoms with E-state index in [4.69, 9.17) is 0 Å². The highest BCUT2D eigenvalue weighted by Gasteiger charge is 2.15. The Morgan fingerprint density at radius 3 is 2.67 bits per heavy atom. The molecule has 0 radical (unpaired) electrons. The molecule has 0 N–H and O–H groups in total. The zero-order valence-corrected chi connectivity index (χ0v) is 13.3. The first kappa shape index (κ1) is 15.4. The lowest BCUT2D eigenvalue weighted by Gasteiger charge is -2.15. The van der Waals surface area contributed by atoms with Crippen molar-refractivity contribution in [3.05, 3.63) is 53.1 Å². The van der Waals surface area contributed by atoms with Crippen molar-refractivity contribution in [1.82, 2.24) is 14.5 Å². The Labute approximate surface area is 126 Å². The van der Waals surface area contributed by atoms with Crippen LogP contribution in [0.2, 0.25) is 0 Å². The molecule has 0 saturated heterocycles. The van der Waals surface area contributed by atoms with Crippen molar-refractivity contribution in [3.8, 4) is 0 Å². The van der Waals surface area contributed by atoms with Gasteiger partial charge in [0.25, 0.3) is 0 Å². The number of likely N-dealkylation sites (N-methyl/N-ethyl adjacent to an activating group) is 1. The average molecular weight is 285 g/mol. The minimum atomic E-state index is 0.180. The minimum Gasteiger partial charge on any atom is -0.351 e. The standard InChI is InChI=1S/C17H23N3O/c1-13-11-16(14(2)20(13)4)17(21)12-19(3)10-8-15-7-5-6-9-18-15/h5-7,9,11H,8,10,12H2,1-4H3. The van der Waals surface area contributed by atoms with Gasteiger partial charge >= 0.3 is 0 Å². The summed E-state index contributed by atoms with van der Waals surface area (Å²) in [6.07, 6.45) is 2.66. The molecule has 4 nitrogen and oxygen atoms in total. The SMILES string of the molecule is Cc1cc(C(=O)CN(C)CCc2ccccn2)c(C)n1C. The number of rotatable bonds is 6. The first-order chi connectivity index (χ1) is 9.99. The minimum absolute atomic E-state index is 0.180. The van der Waals surface area contributed by atoms with Gasteiger partial charge < -0.3 is 4.57 Å². The fraction of sp³-hybridized carbons (Fsp3) is 0.412. The van der Waals surface area contributed by atoms with Crippen molar-refractivity contribution >= 4 is 5.78 Å². The van der Waals surface area contributed by atoms with Crippen molar-refractivity contribution in [1.29, 1.82) is 0 Å². The van der Waals surface area contributed by atoms with Crippen LogP contribution in [-0.2, 0) is 13.5 Å². The quantitative estimate of drug-likeness (QED) is 0.765. The molecule has 0 bridgehead atoms. The van der Waals surface area contributed by atoms with Crippen LogP contribution in [0.4, 0.5) is 0 Å². The van der Waals surface area contributed by atoms with E-state index >= 15 is 0 Å². The second-order valence-corrected chi connectivity index (χ2v) is 5.58. The number of Topliss-reactive ketones (excluding diaryl/α,β-unsaturated/α-hetero) is 1. The van der Waals surface area contributed by atoms with E-state index in [2.05, 4.69) is 14.5 Å². The molecular formula is C17H23N3O. The molecular weight excluding hydrogens is 262 g/mol. The van der Waals surface area contributed by atoms with E-state index in [1.807, 2.05) is 52.2 Å². The number of aryl methyl sites for hydroxylation is 1. The van der Waals surface area contributed by atoms with Crippen LogP contribution in [0.5, 0.6) is 0 Å². The third kappa shape index (κ3) is 3.79. The lowest BCUT2D eigenvalue weighted by atomic mass is 10.1. The number of ketones is 1. The van der Waals surface area contributed by atoms with Gasteiger partial charge in [0.15, 0.2) is 5.78 Å². The van der Waals surface area contributed by atoms with E-state index in [1.54, 1.807) is 6.20 Å². The van der Waals surface area contributed by atoms with Gasteiger partial charge in [-0.1, -0.05) is 6.07 Å². The van der Waals surface area contributed by atoms with E-state index in [9.17, 15) is 4.79 Å². The smallest absolute Gasteiger partial charge is 0.178 e. The molecule has 4 heteroatoms. The summed E-state index contributed by atoms with van der Waals surface area (Å²) in [7, 11) is 3.97. The van der Waals surface area contributed by atoms with Gasteiger partial charge in [-0.3, -0.25) is 14.7 Å². The molecule has 0 aliphatic carbocycles. The second kappa shape index (κ2) is 6.68. The largest absolute Gasteiger partial charge is 0.351 e. The number of carbonyl (C=O) groups is 1. The molecule has 2 aromatic rings. The van der Waals surface area contributed by atoms with Gasteiger partial charge in [0, 0.05) is 48.9 Å². The summed E-state index contributed by atoms with van der Waals surface area (Å²) in [5.41, 5.74) is 4.05. The summed E-state index contributed by atoms with van der Waals surface area (Å²) in [5.74, 6) is 0.180. The molecule has 2 heterocycles. The Hall–Kier alpha value is -1.94. The second-order valence-electron chi connectivity index (χ2n) is 5.58. The lowest BCUT2D eigenvalue weighted by Crippen LogP contribution is -2.28. The van der Waals surface area contributed by atoms with Crippen LogP contribution in [0, 0.1) is 13.8 Å². The van der Waals surface area contributed by atoms with Gasteiger partial charge in [-0.15, -0.1) is 0 Å². The highest BCUT2D eigenvalue weighted by molar-refractivity contribution is 5.99. The van der Waals surface area contributed by atoms with E-state index in [0.29, 0.717) is 6.54 Å². The highest BCUT2D eigenvalue weighted by atomic mass is 16.1. The number of nitrogens with zero attached hydrogens (tertiary/aromatic N) is 3. The Morgan fingerprint density at radius 2 is 2.10 bits per heavy atom. The Bertz CT molecular complexity index is 616. The molecule has 0 unspecified atom stereocenters. The molecule has 0 atom stereocenters. The fourth-order valence-corrected chi connectivity index (χ4v) is 2.40. The summed E-state index contributed by atoms with van der Waals surface area (Å²) in [6.45, 7) is 5.29. The zero-order valence-electron chi connectivity index (χ0n) is 13.3. The van der Waals surface area contributed by atoms with Crippen molar-refractivity contribution in [2.45, 2.75) is 20.3 Å². The van der Waals surface area contributed by atoms with Crippen LogP contribution in [0.15, 0.2) is 30.5 Å². The van der Waals surface area contributed by atoms with E-state index in [-0.39, 0.29) is 5.78 Å². The summed E-state index contributed by atoms with van der Waals surface area (Å²) >= 11 is 0. The van der Waals surface area contributed by atoms with Crippen molar-refractivity contribution in [3.63, 3.8) is 0 Å². The summed E-state index contributed by atoms with van der Waals surface area (Å²) < 4.78 is 2.06. The van der Waals surface area contributed by atoms with Gasteiger partial charge in [-0.05, 0) is 39.1 Å². The van der Waals surface area contributed by atoms with Crippen LogP contribution in [0.25, 0.3) is 0 Å². The molecule has 21 heavy (non-hydrogen) atoms. The average Bonchev–Trinajstić information content (AvgIpc) is 2.74. The molecule has 0 aliphatic heterocycles. The molecule has 2 aromatic heterocycles. The van der Waals surface area contributed by atoms with E-state index < -0.39 is 0 Å². The highest BCUT2D eigenvalue weighted by Crippen LogP contribution is 2.14. The first-order valence-corrected chi connectivity index (χ1v) is 7.23. The Balaban J connectivity index is 1.91. The molecule has 0 amide bonds. The Morgan fingerprint density at radius 1 is 1.33 bits per heavy atom. The first-order valence-electron chi connectivity index (χ1n) is 7.23. The van der Waals surface area contributed by atoms with Gasteiger partial charge in [-0.25, -0.2) is 0 Å². The van der Waals surface area contributed by atoms with Gasteiger partial charge in [-0.2, -0.15) is 0 Å². The molecule has 0 spiro atoms. The third-order valence-electron chi connectivity index (χ3n) is 3.96. The molecule has 2 rings (SSSR count). The normalized spacial score (nSPS) is 11.1. The molecule has 0 aliphatic rings. The van der Waals surface area contributed by atoms with Gasteiger partial charge in [0.1, 0.15) is 0 Å². The maximum atomic E-state index is 12.4. The number of aromatic nitrogens is 2. The van der Waals surface area contributed by atoms with Crippen LogP contribution in [0.1, 0.15) is 27.4 Å². The fourth-order valence-electron chi connectivity index (χ4n) is 2.40. The summed E-state index contributed by atoms with van der Waals surface area (Å²) in [6, 6.07) is 7.89. The number of hydrogen-bond donors (Lipinski definition) is 0. The lowest BCUT2D eigenvalue weighted by molar-refractivity contribution is 0.0946. The predicted molar refractivity (Wildman–Crippen MR) is 84.7 cm³/mol. The predicted octanol–water partition coefficient (Wildman–Crippen LogP) is 2.39. The molecule has 0 saturated carbocycles. The van der Waals surface area contributed by atoms with Crippen LogP contribution >= 0.6 is 0 Å². The molecule has 0 fully saturated rings. The third-order valence-corrected chi connectivity index (χ3v) is 3.96. The van der Waals surface area contributed by atoms with Crippen molar-refractivity contribution < 1.29 is 4.79 Å². The van der Waals surface area contributed by atoms with Crippen LogP contribution < -0.4 is 0 Å². The van der Waals surface area contributed by atoms with Crippen molar-refractivity contribution in [2.75, 3.05) is 20.1 Å². The van der Waals surface area contributed by atoms with Gasteiger partial charge in [0.05, 0.1) is 6.54 Å². The summed E-state index contributed by atoms with van der Waals surface area (Å²) in [4.78, 5) is 18.7. The topological polar surface area (TPSA) is 38.1 Å². The van der Waals surface area contributed by atoms with E-state index in [1.165, 1.54) is 0 Å². The Kier molecular flexibility index (Phi) is 4.91. The zero-order chi connectivity index (χ0) is 15.4. The number of carbonyl (C=O) groups excluding carboxylic acids is 1. The molecule has 112 valence electrons. The van der Waals surface area contributed by atoms with Crippen LogP contribution in [0.3, 0.4) is 0 Å². The van der Waals surface area contributed by atoms with Crippen molar-refractivity contribution in [2.24, 2.45) is 7.05 Å². The maximum absolute atomic E-state index is 12.4. The number of pyridine rings is 1.